The fraction of sp³-hybridized carbons (Fsp3) is 0.444. The van der Waals surface area contributed by atoms with Gasteiger partial charge in [0, 0.05) is 19.1 Å². The van der Waals surface area contributed by atoms with Crippen molar-refractivity contribution in [1.82, 2.24) is 14.7 Å². The van der Waals surface area contributed by atoms with Crippen molar-refractivity contribution >= 4 is 18.3 Å². The third-order valence-electron chi connectivity index (χ3n) is 3.99. The van der Waals surface area contributed by atoms with Crippen molar-refractivity contribution in [2.75, 3.05) is 19.7 Å². The van der Waals surface area contributed by atoms with Crippen LogP contribution in [0, 0.1) is 5.92 Å². The number of hydrogen-bond acceptors (Lipinski definition) is 4. The largest absolute Gasteiger partial charge is 0.489 e. The van der Waals surface area contributed by atoms with Crippen molar-refractivity contribution in [2.24, 2.45) is 11.7 Å². The van der Waals surface area contributed by atoms with E-state index in [1.807, 2.05) is 30.3 Å². The topological polar surface area (TPSA) is 73.4 Å². The van der Waals surface area contributed by atoms with E-state index in [0.717, 1.165) is 12.1 Å². The van der Waals surface area contributed by atoms with Gasteiger partial charge in [-0.05, 0) is 24.5 Å². The van der Waals surface area contributed by atoms with E-state index in [2.05, 4.69) is 18.9 Å². The number of hydrogen-bond donors (Lipinski definition) is 1. The van der Waals surface area contributed by atoms with Gasteiger partial charge in [0.2, 0.25) is 0 Å². The zero-order chi connectivity index (χ0) is 17.1. The Morgan fingerprint density at radius 3 is 2.68 bits per heavy atom. The van der Waals surface area contributed by atoms with E-state index in [1.54, 1.807) is 15.8 Å². The second-order valence-electron chi connectivity index (χ2n) is 6.63. The summed E-state index contributed by atoms with van der Waals surface area (Å²) in [6.07, 6.45) is 2.61. The van der Waals surface area contributed by atoms with Crippen molar-refractivity contribution < 1.29 is 9.53 Å². The SMILES string of the molecule is CC(C)COc1cn(-c2ccccc2)nc1C(=O)N1CC[C@@H](N)C1.Cl. The smallest absolute Gasteiger partial charge is 0.278 e. The fourth-order valence-electron chi connectivity index (χ4n) is 2.70. The quantitative estimate of drug-likeness (QED) is 0.884. The summed E-state index contributed by atoms with van der Waals surface area (Å²) in [5, 5.41) is 4.49. The number of likely N-dealkylation sites (tertiary alicyclic amines) is 1. The van der Waals surface area contributed by atoms with E-state index in [0.29, 0.717) is 37.1 Å². The summed E-state index contributed by atoms with van der Waals surface area (Å²) < 4.78 is 7.54. The Kier molecular flexibility index (Phi) is 6.45. The molecule has 7 heteroatoms. The molecule has 1 amide bonds. The predicted molar refractivity (Wildman–Crippen MR) is 99.6 cm³/mol. The molecule has 1 aromatic heterocycles. The molecule has 1 aliphatic rings. The van der Waals surface area contributed by atoms with Gasteiger partial charge in [0.15, 0.2) is 11.4 Å². The highest BCUT2D eigenvalue weighted by molar-refractivity contribution is 5.95. The minimum atomic E-state index is -0.114. The Labute approximate surface area is 154 Å². The van der Waals surface area contributed by atoms with Gasteiger partial charge in [0.1, 0.15) is 0 Å². The third kappa shape index (κ3) is 4.52. The monoisotopic (exact) mass is 364 g/mol. The van der Waals surface area contributed by atoms with E-state index < -0.39 is 0 Å². The summed E-state index contributed by atoms with van der Waals surface area (Å²) >= 11 is 0. The highest BCUT2D eigenvalue weighted by Crippen LogP contribution is 2.23. The first-order valence-corrected chi connectivity index (χ1v) is 8.37. The summed E-state index contributed by atoms with van der Waals surface area (Å²) in [4.78, 5) is 14.6. The first kappa shape index (κ1) is 19.3. The van der Waals surface area contributed by atoms with Crippen LogP contribution in [0.3, 0.4) is 0 Å². The highest BCUT2D eigenvalue weighted by Gasteiger charge is 2.29. The molecule has 6 nitrogen and oxygen atoms in total. The first-order chi connectivity index (χ1) is 11.5. The molecule has 0 saturated carbocycles. The summed E-state index contributed by atoms with van der Waals surface area (Å²) in [6.45, 7) is 5.92. The Bertz CT molecular complexity index is 702. The van der Waals surface area contributed by atoms with Crippen LogP contribution < -0.4 is 10.5 Å². The van der Waals surface area contributed by atoms with E-state index in [4.69, 9.17) is 10.5 Å². The van der Waals surface area contributed by atoms with Crippen LogP contribution in [0.1, 0.15) is 30.8 Å². The molecule has 2 heterocycles. The number of carbonyl (C=O) groups excluding carboxylic acids is 1. The molecule has 1 aliphatic heterocycles. The van der Waals surface area contributed by atoms with Gasteiger partial charge in [0.25, 0.3) is 5.91 Å². The average Bonchev–Trinajstić information content (AvgIpc) is 3.19. The Morgan fingerprint density at radius 2 is 2.08 bits per heavy atom. The maximum atomic E-state index is 12.8. The van der Waals surface area contributed by atoms with Crippen LogP contribution in [0.4, 0.5) is 0 Å². The lowest BCUT2D eigenvalue weighted by atomic mass is 10.2. The molecule has 0 radical (unpaired) electrons. The number of rotatable bonds is 5. The average molecular weight is 365 g/mol. The summed E-state index contributed by atoms with van der Waals surface area (Å²) in [5.74, 6) is 0.780. The Balaban J connectivity index is 0.00000225. The van der Waals surface area contributed by atoms with Crippen LogP contribution in [-0.4, -0.2) is 46.3 Å². The molecule has 0 bridgehead atoms. The van der Waals surface area contributed by atoms with Gasteiger partial charge in [-0.3, -0.25) is 4.79 Å². The first-order valence-electron chi connectivity index (χ1n) is 8.37. The molecule has 136 valence electrons. The minimum absolute atomic E-state index is 0. The molecular weight excluding hydrogens is 340 g/mol. The number of halogens is 1. The third-order valence-corrected chi connectivity index (χ3v) is 3.99. The van der Waals surface area contributed by atoms with Crippen molar-refractivity contribution in [2.45, 2.75) is 26.3 Å². The lowest BCUT2D eigenvalue weighted by molar-refractivity contribution is 0.0779. The molecule has 0 aliphatic carbocycles. The molecule has 2 N–H and O–H groups in total. The number of carbonyl (C=O) groups is 1. The van der Waals surface area contributed by atoms with E-state index >= 15 is 0 Å². The molecule has 1 aromatic carbocycles. The number of amides is 1. The van der Waals surface area contributed by atoms with E-state index in [9.17, 15) is 4.79 Å². The van der Waals surface area contributed by atoms with Gasteiger partial charge in [-0.15, -0.1) is 12.4 Å². The molecule has 25 heavy (non-hydrogen) atoms. The number of aromatic nitrogens is 2. The number of nitrogens with zero attached hydrogens (tertiary/aromatic N) is 3. The van der Waals surface area contributed by atoms with Crippen LogP contribution in [0.2, 0.25) is 0 Å². The van der Waals surface area contributed by atoms with Crippen molar-refractivity contribution in [3.05, 3.63) is 42.2 Å². The number of ether oxygens (including phenoxy) is 1. The second kappa shape index (κ2) is 8.36. The van der Waals surface area contributed by atoms with Crippen LogP contribution in [-0.2, 0) is 0 Å². The van der Waals surface area contributed by atoms with E-state index in [1.165, 1.54) is 0 Å². The van der Waals surface area contributed by atoms with Gasteiger partial charge in [-0.2, -0.15) is 5.10 Å². The molecule has 0 unspecified atom stereocenters. The molecule has 0 spiro atoms. The normalized spacial score (nSPS) is 16.8. The van der Waals surface area contributed by atoms with Crippen LogP contribution in [0.25, 0.3) is 5.69 Å². The standard InChI is InChI=1S/C18H24N4O2.ClH/c1-13(2)12-24-16-11-22(15-6-4-3-5-7-15)20-17(16)18(23)21-9-8-14(19)10-21;/h3-7,11,13-14H,8-10,12,19H2,1-2H3;1H/t14-;/m1./s1. The summed E-state index contributed by atoms with van der Waals surface area (Å²) in [7, 11) is 0. The number of benzene rings is 1. The highest BCUT2D eigenvalue weighted by atomic mass is 35.5. The molecule has 1 fully saturated rings. The minimum Gasteiger partial charge on any atom is -0.489 e. The number of nitrogens with two attached hydrogens (primary N) is 1. The molecule has 1 atom stereocenters. The lowest BCUT2D eigenvalue weighted by Gasteiger charge is -2.15. The second-order valence-corrected chi connectivity index (χ2v) is 6.63. The summed E-state index contributed by atoms with van der Waals surface area (Å²) in [6, 6.07) is 9.75. The van der Waals surface area contributed by atoms with Crippen LogP contribution in [0.5, 0.6) is 5.75 Å². The maximum Gasteiger partial charge on any atom is 0.278 e. The maximum absolute atomic E-state index is 12.8. The molecule has 3 rings (SSSR count). The van der Waals surface area contributed by atoms with E-state index in [-0.39, 0.29) is 24.4 Å². The fourth-order valence-corrected chi connectivity index (χ4v) is 2.70. The van der Waals surface area contributed by atoms with Crippen LogP contribution >= 0.6 is 12.4 Å². The zero-order valence-corrected chi connectivity index (χ0v) is 15.4. The van der Waals surface area contributed by atoms with Crippen LogP contribution in [0.15, 0.2) is 36.5 Å². The van der Waals surface area contributed by atoms with Gasteiger partial charge >= 0.3 is 0 Å². The van der Waals surface area contributed by atoms with Gasteiger partial charge in [-0.25, -0.2) is 4.68 Å². The lowest BCUT2D eigenvalue weighted by Crippen LogP contribution is -2.32. The number of para-hydroxylation sites is 1. The zero-order valence-electron chi connectivity index (χ0n) is 14.6. The Hall–Kier alpha value is -2.05. The van der Waals surface area contributed by atoms with Crippen molar-refractivity contribution in [3.8, 4) is 11.4 Å². The van der Waals surface area contributed by atoms with Gasteiger partial charge in [-0.1, -0.05) is 32.0 Å². The Morgan fingerprint density at radius 1 is 1.36 bits per heavy atom. The summed E-state index contributed by atoms with van der Waals surface area (Å²) in [5.41, 5.74) is 7.17. The molecule has 2 aromatic rings. The van der Waals surface area contributed by atoms with Crippen molar-refractivity contribution in [1.29, 1.82) is 0 Å². The van der Waals surface area contributed by atoms with Crippen molar-refractivity contribution in [3.63, 3.8) is 0 Å². The molecular formula is C18H25ClN4O2. The van der Waals surface area contributed by atoms with Gasteiger partial charge < -0.3 is 15.4 Å². The predicted octanol–water partition coefficient (Wildman–Crippen LogP) is 2.50. The van der Waals surface area contributed by atoms with Gasteiger partial charge in [0.05, 0.1) is 18.5 Å². The molecule has 1 saturated heterocycles.